The Morgan fingerprint density at radius 1 is 1.04 bits per heavy atom. The summed E-state index contributed by atoms with van der Waals surface area (Å²) >= 11 is 0. The topological polar surface area (TPSA) is 83.5 Å². The van der Waals surface area contributed by atoms with E-state index in [2.05, 4.69) is 4.72 Å². The van der Waals surface area contributed by atoms with Crippen LogP contribution in [-0.4, -0.2) is 19.5 Å². The van der Waals surface area contributed by atoms with Gasteiger partial charge in [0.1, 0.15) is 0 Å². The van der Waals surface area contributed by atoms with Crippen molar-refractivity contribution in [1.82, 2.24) is 4.72 Å². The molecule has 2 N–H and O–H groups in total. The number of sulfonamides is 1. The molecule has 6 heteroatoms. The van der Waals surface area contributed by atoms with E-state index in [4.69, 9.17) is 5.11 Å². The molecule has 0 saturated carbocycles. The molecule has 0 saturated heterocycles. The van der Waals surface area contributed by atoms with Crippen LogP contribution in [0.5, 0.6) is 0 Å². The lowest BCUT2D eigenvalue weighted by Gasteiger charge is -2.11. The number of aryl methyl sites for hydroxylation is 2. The van der Waals surface area contributed by atoms with Gasteiger partial charge in [-0.05, 0) is 53.6 Å². The largest absolute Gasteiger partial charge is 0.481 e. The zero-order chi connectivity index (χ0) is 17.2. The van der Waals surface area contributed by atoms with E-state index in [0.717, 1.165) is 24.8 Å². The first-order chi connectivity index (χ1) is 11.5. The number of rotatable bonds is 6. The molecule has 2 aromatic carbocycles. The van der Waals surface area contributed by atoms with Crippen LogP contribution in [-0.2, 0) is 40.6 Å². The highest BCUT2D eigenvalue weighted by molar-refractivity contribution is 7.89. The van der Waals surface area contributed by atoms with Crippen molar-refractivity contribution in [3.8, 4) is 0 Å². The number of benzene rings is 2. The van der Waals surface area contributed by atoms with Gasteiger partial charge in [-0.1, -0.05) is 30.3 Å². The predicted molar refractivity (Wildman–Crippen MR) is 90.3 cm³/mol. The van der Waals surface area contributed by atoms with E-state index in [0.29, 0.717) is 11.1 Å². The molecule has 1 aliphatic rings. The summed E-state index contributed by atoms with van der Waals surface area (Å²) < 4.78 is 27.6. The Labute approximate surface area is 141 Å². The first-order valence-electron chi connectivity index (χ1n) is 7.86. The van der Waals surface area contributed by atoms with Crippen LogP contribution in [0.25, 0.3) is 0 Å². The maximum absolute atomic E-state index is 12.5. The molecule has 0 spiro atoms. The van der Waals surface area contributed by atoms with E-state index in [9.17, 15) is 13.2 Å². The maximum Gasteiger partial charge on any atom is 0.307 e. The highest BCUT2D eigenvalue weighted by atomic mass is 32.2. The van der Waals surface area contributed by atoms with Gasteiger partial charge in [0.2, 0.25) is 10.0 Å². The van der Waals surface area contributed by atoms with E-state index >= 15 is 0 Å². The normalized spacial score (nSPS) is 13.7. The molecule has 24 heavy (non-hydrogen) atoms. The van der Waals surface area contributed by atoms with E-state index < -0.39 is 16.0 Å². The summed E-state index contributed by atoms with van der Waals surface area (Å²) in [4.78, 5) is 11.2. The number of hydrogen-bond acceptors (Lipinski definition) is 3. The Bertz CT molecular complexity index is 874. The van der Waals surface area contributed by atoms with Crippen molar-refractivity contribution >= 4 is 16.0 Å². The third-order valence-corrected chi connectivity index (χ3v) is 5.69. The average Bonchev–Trinajstić information content (AvgIpc) is 3.01. The Morgan fingerprint density at radius 3 is 2.50 bits per heavy atom. The Kier molecular flexibility index (Phi) is 4.69. The predicted octanol–water partition coefficient (Wildman–Crippen LogP) is 2.28. The standard InChI is InChI=1S/C18H19NO4S/c20-18(21)11-15-4-1-2-5-16(15)12-19-24(22,23)17-9-8-13-6-3-7-14(13)10-17/h1-2,4-5,8-10,19H,3,6-7,11-12H2,(H,20,21). The van der Waals surface area contributed by atoms with Crippen LogP contribution in [0, 0.1) is 0 Å². The van der Waals surface area contributed by atoms with Gasteiger partial charge in [0, 0.05) is 6.54 Å². The molecule has 0 amide bonds. The number of carbonyl (C=O) groups is 1. The molecule has 0 heterocycles. The van der Waals surface area contributed by atoms with Gasteiger partial charge >= 0.3 is 5.97 Å². The lowest BCUT2D eigenvalue weighted by molar-refractivity contribution is -0.136. The number of fused-ring (bicyclic) bond motifs is 1. The zero-order valence-corrected chi connectivity index (χ0v) is 14.0. The van der Waals surface area contributed by atoms with Crippen molar-refractivity contribution in [3.05, 3.63) is 64.7 Å². The smallest absolute Gasteiger partial charge is 0.307 e. The summed E-state index contributed by atoms with van der Waals surface area (Å²) in [6.07, 6.45) is 2.86. The first kappa shape index (κ1) is 16.7. The molecule has 0 aromatic heterocycles. The minimum absolute atomic E-state index is 0.0723. The van der Waals surface area contributed by atoms with Crippen LogP contribution >= 0.6 is 0 Å². The van der Waals surface area contributed by atoms with Crippen molar-refractivity contribution in [3.63, 3.8) is 0 Å². The fraction of sp³-hybridized carbons (Fsp3) is 0.278. The fourth-order valence-corrected chi connectivity index (χ4v) is 4.09. The van der Waals surface area contributed by atoms with Crippen LogP contribution in [0.1, 0.15) is 28.7 Å². The van der Waals surface area contributed by atoms with Crippen molar-refractivity contribution in [2.24, 2.45) is 0 Å². The molecule has 0 unspecified atom stereocenters. The van der Waals surface area contributed by atoms with E-state index in [1.165, 1.54) is 5.56 Å². The van der Waals surface area contributed by atoms with Crippen LogP contribution in [0.3, 0.4) is 0 Å². The van der Waals surface area contributed by atoms with Crippen molar-refractivity contribution in [2.75, 3.05) is 0 Å². The van der Waals surface area contributed by atoms with Gasteiger partial charge in [0.05, 0.1) is 11.3 Å². The third-order valence-electron chi connectivity index (χ3n) is 4.29. The van der Waals surface area contributed by atoms with Crippen LogP contribution < -0.4 is 4.72 Å². The Morgan fingerprint density at radius 2 is 1.75 bits per heavy atom. The van der Waals surface area contributed by atoms with Gasteiger partial charge in [-0.3, -0.25) is 4.79 Å². The molecule has 5 nitrogen and oxygen atoms in total. The lowest BCUT2D eigenvalue weighted by Crippen LogP contribution is -2.24. The second-order valence-electron chi connectivity index (χ2n) is 5.95. The molecule has 2 aromatic rings. The second kappa shape index (κ2) is 6.75. The molecular weight excluding hydrogens is 326 g/mol. The lowest BCUT2D eigenvalue weighted by atomic mass is 10.1. The third kappa shape index (κ3) is 3.66. The zero-order valence-electron chi connectivity index (χ0n) is 13.2. The number of nitrogens with one attached hydrogen (secondary N) is 1. The van der Waals surface area contributed by atoms with Crippen molar-refractivity contribution in [1.29, 1.82) is 0 Å². The van der Waals surface area contributed by atoms with Crippen LogP contribution in [0.4, 0.5) is 0 Å². The monoisotopic (exact) mass is 345 g/mol. The minimum atomic E-state index is -3.62. The molecule has 0 radical (unpaired) electrons. The molecule has 0 bridgehead atoms. The summed E-state index contributed by atoms with van der Waals surface area (Å²) in [5.74, 6) is -0.941. The van der Waals surface area contributed by atoms with E-state index in [-0.39, 0.29) is 17.9 Å². The highest BCUT2D eigenvalue weighted by Crippen LogP contribution is 2.24. The summed E-state index contributed by atoms with van der Waals surface area (Å²) in [6.45, 7) is 0.0723. The second-order valence-corrected chi connectivity index (χ2v) is 7.71. The minimum Gasteiger partial charge on any atom is -0.481 e. The van der Waals surface area contributed by atoms with E-state index in [1.54, 1.807) is 36.4 Å². The molecule has 1 aliphatic carbocycles. The SMILES string of the molecule is O=C(O)Cc1ccccc1CNS(=O)(=O)c1ccc2c(c1)CCC2. The summed E-state index contributed by atoms with van der Waals surface area (Å²) in [5, 5.41) is 8.95. The fourth-order valence-electron chi connectivity index (χ4n) is 3.04. The molecular formula is C18H19NO4S. The summed E-state index contributed by atoms with van der Waals surface area (Å²) in [5.41, 5.74) is 3.61. The van der Waals surface area contributed by atoms with Gasteiger partial charge in [-0.25, -0.2) is 13.1 Å². The highest BCUT2D eigenvalue weighted by Gasteiger charge is 2.18. The van der Waals surface area contributed by atoms with E-state index in [1.807, 2.05) is 6.07 Å². The summed E-state index contributed by atoms with van der Waals surface area (Å²) in [6, 6.07) is 12.2. The average molecular weight is 345 g/mol. The molecule has 3 rings (SSSR count). The van der Waals surface area contributed by atoms with Crippen molar-refractivity contribution < 1.29 is 18.3 Å². The van der Waals surface area contributed by atoms with Gasteiger partial charge in [-0.15, -0.1) is 0 Å². The van der Waals surface area contributed by atoms with Gasteiger partial charge in [0.15, 0.2) is 0 Å². The first-order valence-corrected chi connectivity index (χ1v) is 9.34. The quantitative estimate of drug-likeness (QED) is 0.841. The maximum atomic E-state index is 12.5. The molecule has 0 aliphatic heterocycles. The summed E-state index contributed by atoms with van der Waals surface area (Å²) in [7, 11) is -3.62. The molecule has 0 atom stereocenters. The number of carboxylic acid groups (broad SMARTS) is 1. The number of aliphatic carboxylic acids is 1. The number of hydrogen-bond donors (Lipinski definition) is 2. The van der Waals surface area contributed by atoms with Gasteiger partial charge in [0.25, 0.3) is 0 Å². The van der Waals surface area contributed by atoms with Crippen LogP contribution in [0.15, 0.2) is 47.4 Å². The van der Waals surface area contributed by atoms with Gasteiger partial charge in [-0.2, -0.15) is 0 Å². The number of carboxylic acids is 1. The Hall–Kier alpha value is -2.18. The molecule has 126 valence electrons. The van der Waals surface area contributed by atoms with Gasteiger partial charge < -0.3 is 5.11 Å². The van der Waals surface area contributed by atoms with Crippen molar-refractivity contribution in [2.45, 2.75) is 37.1 Å². The molecule has 0 fully saturated rings. The van der Waals surface area contributed by atoms with Crippen LogP contribution in [0.2, 0.25) is 0 Å². The Balaban J connectivity index is 1.77.